The first-order valence-electron chi connectivity index (χ1n) is 17.7. The number of nitrogens with one attached hydrogen (secondary N) is 1. The standard InChI is InChI=1S/C39H49N5O2/c1-28-9-5-8-14-34(28)44-27-32-15-16-35(40-33-19-23-43(24-20-33)36(45)25-29-10-6-7-11-29)41-38(32)37(39(44)46)31-17-21-42(22-18-31)26-30-12-3-2-4-13-30/h2-5,8-9,12-16,29,31,33,37H,6-7,10-11,17-27H2,1H3,(H,40,41). The van der Waals surface area contributed by atoms with Crippen LogP contribution in [0, 0.1) is 18.8 Å². The van der Waals surface area contributed by atoms with Gasteiger partial charge in [0.15, 0.2) is 0 Å². The number of piperidine rings is 2. The minimum absolute atomic E-state index is 0.182. The van der Waals surface area contributed by atoms with Crippen LogP contribution in [0.3, 0.4) is 0 Å². The predicted octanol–water partition coefficient (Wildman–Crippen LogP) is 6.92. The van der Waals surface area contributed by atoms with E-state index in [0.29, 0.717) is 18.4 Å². The summed E-state index contributed by atoms with van der Waals surface area (Å²) in [5, 5.41) is 3.71. The lowest BCUT2D eigenvalue weighted by Gasteiger charge is -2.41. The summed E-state index contributed by atoms with van der Waals surface area (Å²) in [6, 6.07) is 23.5. The van der Waals surface area contributed by atoms with E-state index in [2.05, 4.69) is 76.6 Å². The molecule has 3 aliphatic heterocycles. The van der Waals surface area contributed by atoms with Crippen LogP contribution in [-0.4, -0.2) is 58.8 Å². The zero-order chi connectivity index (χ0) is 31.5. The van der Waals surface area contributed by atoms with Crippen LogP contribution >= 0.6 is 0 Å². The Kier molecular flexibility index (Phi) is 9.38. The Hall–Kier alpha value is -3.71. The van der Waals surface area contributed by atoms with E-state index in [1.165, 1.54) is 31.2 Å². The van der Waals surface area contributed by atoms with Crippen molar-refractivity contribution in [2.75, 3.05) is 36.4 Å². The molecule has 2 aromatic carbocycles. The highest BCUT2D eigenvalue weighted by molar-refractivity contribution is 6.00. The molecule has 0 spiro atoms. The summed E-state index contributed by atoms with van der Waals surface area (Å²) in [4.78, 5) is 39.2. The molecular weight excluding hydrogens is 570 g/mol. The third-order valence-electron chi connectivity index (χ3n) is 11.1. The molecule has 46 heavy (non-hydrogen) atoms. The fraction of sp³-hybridized carbons (Fsp3) is 0.513. The molecule has 1 atom stereocenters. The van der Waals surface area contributed by atoms with Gasteiger partial charge in [0.1, 0.15) is 5.82 Å². The lowest BCUT2D eigenvalue weighted by atomic mass is 9.77. The molecule has 4 aliphatic rings. The highest BCUT2D eigenvalue weighted by Gasteiger charge is 2.42. The van der Waals surface area contributed by atoms with E-state index in [4.69, 9.17) is 4.98 Å². The normalized spacial score (nSPS) is 21.8. The van der Waals surface area contributed by atoms with E-state index < -0.39 is 0 Å². The van der Waals surface area contributed by atoms with Crippen molar-refractivity contribution in [1.82, 2.24) is 14.8 Å². The zero-order valence-corrected chi connectivity index (χ0v) is 27.4. The van der Waals surface area contributed by atoms with Gasteiger partial charge in [0.2, 0.25) is 11.8 Å². The van der Waals surface area contributed by atoms with Crippen LogP contribution in [0.25, 0.3) is 0 Å². The first-order chi connectivity index (χ1) is 22.5. The fourth-order valence-corrected chi connectivity index (χ4v) is 8.37. The number of hydrogen-bond acceptors (Lipinski definition) is 5. The van der Waals surface area contributed by atoms with E-state index in [1.54, 1.807) is 0 Å². The van der Waals surface area contributed by atoms with E-state index in [9.17, 15) is 9.59 Å². The maximum Gasteiger partial charge on any atom is 0.236 e. The number of nitrogens with zero attached hydrogens (tertiary/aromatic N) is 4. The van der Waals surface area contributed by atoms with Gasteiger partial charge in [0.05, 0.1) is 18.2 Å². The smallest absolute Gasteiger partial charge is 0.236 e. The molecule has 4 heterocycles. The fourth-order valence-electron chi connectivity index (χ4n) is 8.37. The van der Waals surface area contributed by atoms with Gasteiger partial charge in [0.25, 0.3) is 0 Å². The van der Waals surface area contributed by atoms with E-state index in [0.717, 1.165) is 93.2 Å². The Bertz CT molecular complexity index is 1500. The SMILES string of the molecule is Cc1ccccc1N1Cc2ccc(NC3CCN(C(=O)CC4CCCC4)CC3)nc2C(C2CCN(Cc3ccccc3)CC2)C1=O. The molecule has 2 saturated heterocycles. The number of pyridine rings is 1. The number of benzene rings is 2. The molecule has 7 nitrogen and oxygen atoms in total. The molecule has 0 bridgehead atoms. The number of para-hydroxylation sites is 1. The molecule has 7 heteroatoms. The lowest BCUT2D eigenvalue weighted by molar-refractivity contribution is -0.133. The number of fused-ring (bicyclic) bond motifs is 1. The zero-order valence-electron chi connectivity index (χ0n) is 27.4. The number of aryl methyl sites for hydroxylation is 1. The van der Waals surface area contributed by atoms with Gasteiger partial charge in [-0.2, -0.15) is 0 Å². The van der Waals surface area contributed by atoms with Crippen LogP contribution in [0.4, 0.5) is 11.5 Å². The molecule has 3 aromatic rings. The van der Waals surface area contributed by atoms with Gasteiger partial charge >= 0.3 is 0 Å². The Morgan fingerprint density at radius 1 is 0.848 bits per heavy atom. The summed E-state index contributed by atoms with van der Waals surface area (Å²) in [6.45, 7) is 7.18. The molecule has 7 rings (SSSR count). The van der Waals surface area contributed by atoms with Crippen molar-refractivity contribution in [3.8, 4) is 0 Å². The second-order valence-corrected chi connectivity index (χ2v) is 14.2. The number of hydrogen-bond donors (Lipinski definition) is 1. The molecule has 2 amide bonds. The molecule has 1 aromatic heterocycles. The molecule has 242 valence electrons. The summed E-state index contributed by atoms with van der Waals surface area (Å²) in [5.41, 5.74) is 5.58. The number of carbonyl (C=O) groups excluding carboxylic acids is 2. The van der Waals surface area contributed by atoms with Crippen molar-refractivity contribution in [2.45, 2.75) is 89.8 Å². The third-order valence-corrected chi connectivity index (χ3v) is 11.1. The van der Waals surface area contributed by atoms with Crippen LogP contribution in [0.2, 0.25) is 0 Å². The van der Waals surface area contributed by atoms with Crippen LogP contribution in [0.5, 0.6) is 0 Å². The van der Waals surface area contributed by atoms with Gasteiger partial charge in [-0.25, -0.2) is 4.98 Å². The van der Waals surface area contributed by atoms with Crippen molar-refractivity contribution in [3.05, 3.63) is 89.1 Å². The summed E-state index contributed by atoms with van der Waals surface area (Å²) < 4.78 is 0. The van der Waals surface area contributed by atoms with E-state index in [1.807, 2.05) is 17.0 Å². The van der Waals surface area contributed by atoms with E-state index in [-0.39, 0.29) is 23.8 Å². The highest BCUT2D eigenvalue weighted by Crippen LogP contribution is 2.41. The maximum atomic E-state index is 14.5. The van der Waals surface area contributed by atoms with E-state index >= 15 is 0 Å². The predicted molar refractivity (Wildman–Crippen MR) is 184 cm³/mol. The minimum Gasteiger partial charge on any atom is -0.367 e. The Balaban J connectivity index is 1.06. The lowest BCUT2D eigenvalue weighted by Crippen LogP contribution is -2.46. The quantitative estimate of drug-likeness (QED) is 0.297. The highest BCUT2D eigenvalue weighted by atomic mass is 16.2. The second-order valence-electron chi connectivity index (χ2n) is 14.2. The maximum absolute atomic E-state index is 14.5. The van der Waals surface area contributed by atoms with Crippen LogP contribution < -0.4 is 10.2 Å². The molecule has 1 saturated carbocycles. The summed E-state index contributed by atoms with van der Waals surface area (Å²) in [7, 11) is 0. The molecule has 3 fully saturated rings. The topological polar surface area (TPSA) is 68.8 Å². The van der Waals surface area contributed by atoms with Crippen LogP contribution in [0.1, 0.15) is 86.1 Å². The molecule has 0 radical (unpaired) electrons. The molecule has 1 aliphatic carbocycles. The van der Waals surface area contributed by atoms with Gasteiger partial charge in [-0.1, -0.05) is 67.4 Å². The number of anilines is 2. The minimum atomic E-state index is -0.251. The van der Waals surface area contributed by atoms with Gasteiger partial charge in [-0.3, -0.25) is 14.5 Å². The largest absolute Gasteiger partial charge is 0.367 e. The number of rotatable bonds is 8. The van der Waals surface area contributed by atoms with Crippen molar-refractivity contribution >= 4 is 23.3 Å². The Morgan fingerprint density at radius 2 is 1.57 bits per heavy atom. The molecule has 1 N–H and O–H groups in total. The van der Waals surface area contributed by atoms with Gasteiger partial charge in [-0.15, -0.1) is 0 Å². The summed E-state index contributed by atoms with van der Waals surface area (Å²) >= 11 is 0. The second kappa shape index (κ2) is 14.0. The van der Waals surface area contributed by atoms with Gasteiger partial charge in [0, 0.05) is 37.8 Å². The Morgan fingerprint density at radius 3 is 2.30 bits per heavy atom. The summed E-state index contributed by atoms with van der Waals surface area (Å²) in [6.07, 6.45) is 9.54. The number of aromatic nitrogens is 1. The van der Waals surface area contributed by atoms with Crippen molar-refractivity contribution in [3.63, 3.8) is 0 Å². The van der Waals surface area contributed by atoms with Crippen LogP contribution in [0.15, 0.2) is 66.7 Å². The van der Waals surface area contributed by atoms with Gasteiger partial charge < -0.3 is 15.1 Å². The molecular formula is C39H49N5O2. The average Bonchev–Trinajstić information content (AvgIpc) is 3.59. The number of likely N-dealkylation sites (tertiary alicyclic amines) is 2. The van der Waals surface area contributed by atoms with Crippen molar-refractivity contribution in [1.29, 1.82) is 0 Å². The van der Waals surface area contributed by atoms with Crippen LogP contribution in [-0.2, 0) is 22.7 Å². The van der Waals surface area contributed by atoms with Crippen molar-refractivity contribution < 1.29 is 9.59 Å². The third kappa shape index (κ3) is 6.85. The average molecular weight is 620 g/mol. The number of amides is 2. The Labute approximate surface area is 274 Å². The monoisotopic (exact) mass is 619 g/mol. The summed E-state index contributed by atoms with van der Waals surface area (Å²) in [5.74, 6) is 1.98. The van der Waals surface area contributed by atoms with Gasteiger partial charge in [-0.05, 0) is 99.2 Å². The molecule has 1 unspecified atom stereocenters. The number of carbonyl (C=O) groups is 2. The first kappa shape index (κ1) is 30.9. The van der Waals surface area contributed by atoms with Crippen molar-refractivity contribution in [2.24, 2.45) is 11.8 Å². The first-order valence-corrected chi connectivity index (χ1v) is 17.7.